The Bertz CT molecular complexity index is 751. The van der Waals surface area contributed by atoms with Gasteiger partial charge in [0.2, 0.25) is 0 Å². The number of amides is 1. The fraction of sp³-hybridized carbons (Fsp3) is 0.188. The molecule has 0 aromatic heterocycles. The molecule has 0 heterocycles. The van der Waals surface area contributed by atoms with Crippen LogP contribution in [0.2, 0.25) is 0 Å². The molecule has 0 aliphatic rings. The van der Waals surface area contributed by atoms with Gasteiger partial charge in [0.15, 0.2) is 0 Å². The van der Waals surface area contributed by atoms with Gasteiger partial charge in [-0.25, -0.2) is 4.39 Å². The van der Waals surface area contributed by atoms with E-state index in [1.165, 1.54) is 13.2 Å². The van der Waals surface area contributed by atoms with Crippen molar-refractivity contribution < 1.29 is 23.6 Å². The molecule has 0 saturated heterocycles. The first-order valence-corrected chi connectivity index (χ1v) is 6.99. The number of hydrogen-bond donors (Lipinski definition) is 1. The third-order valence-electron chi connectivity index (χ3n) is 3.09. The first-order chi connectivity index (χ1) is 11.5. The lowest BCUT2D eigenvalue weighted by Crippen LogP contribution is -2.15. The zero-order chi connectivity index (χ0) is 17.5. The van der Waals surface area contributed by atoms with Gasteiger partial charge in [0.05, 0.1) is 22.8 Å². The maximum absolute atomic E-state index is 13.8. The number of hydrogen-bond acceptors (Lipinski definition) is 5. The quantitative estimate of drug-likeness (QED) is 0.477. The van der Waals surface area contributed by atoms with Crippen LogP contribution in [0.3, 0.4) is 0 Å². The maximum atomic E-state index is 13.8. The lowest BCUT2D eigenvalue weighted by atomic mass is 10.1. The topological polar surface area (TPSA) is 90.7 Å². The predicted octanol–water partition coefficient (Wildman–Crippen LogP) is 3.01. The number of anilines is 1. The Morgan fingerprint density at radius 2 is 2.00 bits per heavy atom. The van der Waals surface area contributed by atoms with E-state index in [1.54, 1.807) is 18.2 Å². The molecule has 0 atom stereocenters. The summed E-state index contributed by atoms with van der Waals surface area (Å²) in [5.74, 6) is -1.10. The molecule has 2 rings (SSSR count). The number of ether oxygens (including phenoxy) is 2. The van der Waals surface area contributed by atoms with E-state index in [-0.39, 0.29) is 23.5 Å². The first kappa shape index (κ1) is 17.4. The van der Waals surface area contributed by atoms with Crippen LogP contribution in [0, 0.1) is 15.9 Å². The van der Waals surface area contributed by atoms with Crippen LogP contribution in [0.5, 0.6) is 5.75 Å². The molecule has 1 amide bonds. The molecule has 2 aromatic carbocycles. The Balaban J connectivity index is 2.21. The molecular formula is C16H15FN2O5. The van der Waals surface area contributed by atoms with Crippen molar-refractivity contribution in [2.45, 2.75) is 0 Å². The number of methoxy groups -OCH3 is 1. The van der Waals surface area contributed by atoms with Gasteiger partial charge in [-0.3, -0.25) is 14.9 Å². The van der Waals surface area contributed by atoms with Gasteiger partial charge in [0.1, 0.15) is 18.2 Å². The number of nitrogens with one attached hydrogen (secondary N) is 1. The summed E-state index contributed by atoms with van der Waals surface area (Å²) >= 11 is 0. The second-order valence-corrected chi connectivity index (χ2v) is 4.71. The van der Waals surface area contributed by atoms with Crippen molar-refractivity contribution in [2.75, 3.05) is 25.6 Å². The Kier molecular flexibility index (Phi) is 5.80. The Labute approximate surface area is 137 Å². The zero-order valence-corrected chi connectivity index (χ0v) is 12.8. The number of para-hydroxylation sites is 1. The van der Waals surface area contributed by atoms with Crippen molar-refractivity contribution in [1.82, 2.24) is 0 Å². The van der Waals surface area contributed by atoms with E-state index in [4.69, 9.17) is 9.47 Å². The number of nitro groups is 1. The molecule has 0 bridgehead atoms. The molecular weight excluding hydrogens is 319 g/mol. The van der Waals surface area contributed by atoms with E-state index in [0.29, 0.717) is 12.4 Å². The highest BCUT2D eigenvalue weighted by molar-refractivity contribution is 6.06. The Hall–Kier alpha value is -3.00. The number of nitro benzene ring substituents is 1. The summed E-state index contributed by atoms with van der Waals surface area (Å²) in [5, 5.41) is 13.1. The van der Waals surface area contributed by atoms with Crippen LogP contribution in [0.1, 0.15) is 10.4 Å². The van der Waals surface area contributed by atoms with Crippen LogP contribution in [-0.4, -0.2) is 31.2 Å². The van der Waals surface area contributed by atoms with Gasteiger partial charge >= 0.3 is 0 Å². The van der Waals surface area contributed by atoms with Crippen molar-refractivity contribution in [3.63, 3.8) is 0 Å². The minimum absolute atomic E-state index is 0.180. The van der Waals surface area contributed by atoms with Crippen LogP contribution in [-0.2, 0) is 4.74 Å². The summed E-state index contributed by atoms with van der Waals surface area (Å²) in [6.45, 7) is 0.585. The lowest BCUT2D eigenvalue weighted by molar-refractivity contribution is -0.384. The van der Waals surface area contributed by atoms with Crippen molar-refractivity contribution >= 4 is 17.3 Å². The third-order valence-corrected chi connectivity index (χ3v) is 3.09. The van der Waals surface area contributed by atoms with Crippen LogP contribution < -0.4 is 10.1 Å². The van der Waals surface area contributed by atoms with Gasteiger partial charge < -0.3 is 14.8 Å². The molecule has 2 aromatic rings. The lowest BCUT2D eigenvalue weighted by Gasteiger charge is -2.11. The summed E-state index contributed by atoms with van der Waals surface area (Å²) in [5.41, 5.74) is -0.420. The van der Waals surface area contributed by atoms with Gasteiger partial charge in [-0.2, -0.15) is 0 Å². The first-order valence-electron chi connectivity index (χ1n) is 6.99. The summed E-state index contributed by atoms with van der Waals surface area (Å²) in [7, 11) is 1.52. The minimum Gasteiger partial charge on any atom is -0.490 e. The van der Waals surface area contributed by atoms with Gasteiger partial charge in [-0.05, 0) is 18.2 Å². The van der Waals surface area contributed by atoms with Gasteiger partial charge in [0, 0.05) is 19.2 Å². The van der Waals surface area contributed by atoms with E-state index in [0.717, 1.165) is 18.2 Å². The molecule has 0 aliphatic heterocycles. The van der Waals surface area contributed by atoms with E-state index in [9.17, 15) is 19.3 Å². The maximum Gasteiger partial charge on any atom is 0.271 e. The SMILES string of the molecule is COCCOc1ccccc1C(=O)Nc1cc([N+](=O)[O-])ccc1F. The molecule has 1 N–H and O–H groups in total. The predicted molar refractivity (Wildman–Crippen MR) is 84.8 cm³/mol. The van der Waals surface area contributed by atoms with Crippen LogP contribution in [0.25, 0.3) is 0 Å². The largest absolute Gasteiger partial charge is 0.490 e. The van der Waals surface area contributed by atoms with Gasteiger partial charge in [-0.15, -0.1) is 0 Å². The van der Waals surface area contributed by atoms with E-state index in [2.05, 4.69) is 5.32 Å². The standard InChI is InChI=1S/C16H15FN2O5/c1-23-8-9-24-15-5-3-2-4-12(15)16(20)18-14-10-11(19(21)22)6-7-13(14)17/h2-7,10H,8-9H2,1H3,(H,18,20). The molecule has 0 fully saturated rings. The van der Waals surface area contributed by atoms with E-state index < -0.39 is 16.6 Å². The molecule has 0 aliphatic carbocycles. The van der Waals surface area contributed by atoms with Gasteiger partial charge in [-0.1, -0.05) is 12.1 Å². The molecule has 0 unspecified atom stereocenters. The highest BCUT2D eigenvalue weighted by atomic mass is 19.1. The average Bonchev–Trinajstić information content (AvgIpc) is 2.57. The smallest absolute Gasteiger partial charge is 0.271 e. The van der Waals surface area contributed by atoms with Crippen LogP contribution in [0.15, 0.2) is 42.5 Å². The van der Waals surface area contributed by atoms with Crippen molar-refractivity contribution in [2.24, 2.45) is 0 Å². The zero-order valence-electron chi connectivity index (χ0n) is 12.8. The van der Waals surface area contributed by atoms with Crippen molar-refractivity contribution in [3.8, 4) is 5.75 Å². The van der Waals surface area contributed by atoms with Crippen molar-refractivity contribution in [3.05, 3.63) is 64.0 Å². The van der Waals surface area contributed by atoms with Crippen molar-refractivity contribution in [1.29, 1.82) is 0 Å². The molecule has 8 heteroatoms. The normalized spacial score (nSPS) is 10.2. The molecule has 126 valence electrons. The second kappa shape index (κ2) is 8.02. The second-order valence-electron chi connectivity index (χ2n) is 4.71. The van der Waals surface area contributed by atoms with Crippen LogP contribution in [0.4, 0.5) is 15.8 Å². The fourth-order valence-corrected chi connectivity index (χ4v) is 1.93. The number of non-ortho nitro benzene ring substituents is 1. The van der Waals surface area contributed by atoms with E-state index >= 15 is 0 Å². The highest BCUT2D eigenvalue weighted by Gasteiger charge is 2.16. The number of nitrogens with zero attached hydrogens (tertiary/aromatic N) is 1. The number of carbonyl (C=O) groups excluding carboxylic acids is 1. The average molecular weight is 334 g/mol. The Morgan fingerprint density at radius 3 is 2.71 bits per heavy atom. The summed E-state index contributed by atoms with van der Waals surface area (Å²) < 4.78 is 24.1. The van der Waals surface area contributed by atoms with E-state index in [1.807, 2.05) is 0 Å². The van der Waals surface area contributed by atoms with Gasteiger partial charge in [0.25, 0.3) is 11.6 Å². The highest BCUT2D eigenvalue weighted by Crippen LogP contribution is 2.24. The van der Waals surface area contributed by atoms with Crippen LogP contribution >= 0.6 is 0 Å². The summed E-state index contributed by atoms with van der Waals surface area (Å²) in [6.07, 6.45) is 0. The minimum atomic E-state index is -0.772. The number of rotatable bonds is 7. The third kappa shape index (κ3) is 4.26. The molecule has 7 nitrogen and oxygen atoms in total. The summed E-state index contributed by atoms with van der Waals surface area (Å²) in [6, 6.07) is 9.32. The molecule has 0 saturated carbocycles. The molecule has 0 radical (unpaired) electrons. The fourth-order valence-electron chi connectivity index (χ4n) is 1.93. The summed E-state index contributed by atoms with van der Waals surface area (Å²) in [4.78, 5) is 22.4. The number of carbonyl (C=O) groups is 1. The molecule has 24 heavy (non-hydrogen) atoms. The monoisotopic (exact) mass is 334 g/mol. The molecule has 0 spiro atoms. The Morgan fingerprint density at radius 1 is 1.25 bits per heavy atom. The number of benzene rings is 2. The number of halogens is 1.